The summed E-state index contributed by atoms with van der Waals surface area (Å²) in [5, 5.41) is 3.40. The monoisotopic (exact) mass is 679 g/mol. The smallest absolute Gasteiger partial charge is 0.264 e. The predicted octanol–water partition coefficient (Wildman–Crippen LogP) is 7.36. The van der Waals surface area contributed by atoms with Crippen LogP contribution in [0.25, 0.3) is 0 Å². The quantitative estimate of drug-likeness (QED) is 0.160. The van der Waals surface area contributed by atoms with Gasteiger partial charge in [0.2, 0.25) is 11.8 Å². The number of carbonyl (C=O) groups excluding carboxylic acids is 2. The molecule has 242 valence electrons. The second-order valence-electron chi connectivity index (χ2n) is 11.5. The largest absolute Gasteiger partial charge is 0.352 e. The normalized spacial score (nSPS) is 12.7. The molecule has 1 N–H and O–H groups in total. The zero-order valence-electron chi connectivity index (χ0n) is 26.4. The van der Waals surface area contributed by atoms with Crippen molar-refractivity contribution >= 4 is 50.7 Å². The minimum Gasteiger partial charge on any atom is -0.352 e. The summed E-state index contributed by atoms with van der Waals surface area (Å²) in [6, 6.07) is 26.8. The van der Waals surface area contributed by atoms with Gasteiger partial charge in [-0.05, 0) is 68.7 Å². The molecule has 10 heteroatoms. The molecule has 0 radical (unpaired) electrons. The topological polar surface area (TPSA) is 86.8 Å². The van der Waals surface area contributed by atoms with E-state index in [0.717, 1.165) is 26.6 Å². The van der Waals surface area contributed by atoms with Gasteiger partial charge in [-0.3, -0.25) is 13.9 Å². The summed E-state index contributed by atoms with van der Waals surface area (Å²) in [6.45, 7) is 7.13. The van der Waals surface area contributed by atoms with E-state index in [4.69, 9.17) is 23.2 Å². The van der Waals surface area contributed by atoms with Gasteiger partial charge < -0.3 is 10.2 Å². The number of anilines is 1. The van der Waals surface area contributed by atoms with Crippen molar-refractivity contribution in [1.82, 2.24) is 10.2 Å². The Kier molecular flexibility index (Phi) is 11.9. The number of nitrogens with zero attached hydrogens (tertiary/aromatic N) is 2. The lowest BCUT2D eigenvalue weighted by atomic mass is 10.0. The maximum Gasteiger partial charge on any atom is 0.264 e. The molecule has 0 heterocycles. The Labute approximate surface area is 282 Å². The van der Waals surface area contributed by atoms with Crippen LogP contribution >= 0.6 is 23.2 Å². The lowest BCUT2D eigenvalue weighted by Gasteiger charge is -2.34. The molecule has 0 spiro atoms. The van der Waals surface area contributed by atoms with E-state index in [9.17, 15) is 18.0 Å². The molecule has 4 aromatic carbocycles. The number of hydrogen-bond acceptors (Lipinski definition) is 4. The highest BCUT2D eigenvalue weighted by atomic mass is 35.5. The van der Waals surface area contributed by atoms with Crippen LogP contribution in [0.1, 0.15) is 42.5 Å². The van der Waals surface area contributed by atoms with Crippen LogP contribution in [0.15, 0.2) is 102 Å². The first kappa shape index (κ1) is 35.0. The van der Waals surface area contributed by atoms with Gasteiger partial charge in [0, 0.05) is 24.0 Å². The first-order valence-electron chi connectivity index (χ1n) is 15.1. The number of halogens is 2. The summed E-state index contributed by atoms with van der Waals surface area (Å²) >= 11 is 12.9. The number of carbonyl (C=O) groups is 2. The van der Waals surface area contributed by atoms with E-state index in [2.05, 4.69) is 5.32 Å². The second kappa shape index (κ2) is 15.6. The predicted molar refractivity (Wildman–Crippen MR) is 186 cm³/mol. The third-order valence-corrected chi connectivity index (χ3v) is 10.1. The summed E-state index contributed by atoms with van der Waals surface area (Å²) in [7, 11) is -4.30. The van der Waals surface area contributed by atoms with Crippen LogP contribution in [-0.4, -0.2) is 43.8 Å². The fourth-order valence-corrected chi connectivity index (χ4v) is 6.89. The Morgan fingerprint density at radius 2 is 1.50 bits per heavy atom. The first-order chi connectivity index (χ1) is 21.9. The molecule has 0 bridgehead atoms. The highest BCUT2D eigenvalue weighted by Crippen LogP contribution is 2.33. The number of nitrogens with one attached hydrogen (secondary N) is 1. The van der Waals surface area contributed by atoms with Crippen LogP contribution < -0.4 is 9.62 Å². The third kappa shape index (κ3) is 8.90. The molecule has 2 amide bonds. The van der Waals surface area contributed by atoms with Gasteiger partial charge in [-0.1, -0.05) is 108 Å². The Balaban J connectivity index is 1.84. The summed E-state index contributed by atoms with van der Waals surface area (Å²) in [5.41, 5.74) is 3.58. The van der Waals surface area contributed by atoms with Gasteiger partial charge >= 0.3 is 0 Å². The molecule has 46 heavy (non-hydrogen) atoms. The van der Waals surface area contributed by atoms with E-state index < -0.39 is 28.5 Å². The molecule has 0 aliphatic heterocycles. The van der Waals surface area contributed by atoms with Crippen LogP contribution in [0.3, 0.4) is 0 Å². The second-order valence-corrected chi connectivity index (χ2v) is 14.2. The summed E-state index contributed by atoms with van der Waals surface area (Å²) in [6.07, 6.45) is 0.925. The molecular weight excluding hydrogens is 641 g/mol. The highest BCUT2D eigenvalue weighted by molar-refractivity contribution is 7.92. The lowest BCUT2D eigenvalue weighted by molar-refractivity contribution is -0.140. The standard InChI is InChI=1S/C36H39Cl2N3O4S/c1-5-27(4)39-36(43)34(21-28-11-7-6-8-12-28)40(23-29-13-9-10-26(3)20-29)35(42)24-41(33-22-30(37)16-19-32(33)38)46(44,45)31-17-14-25(2)15-18-31/h6-20,22,27,34H,5,21,23-24H2,1-4H3,(H,39,43)/t27-,34+/m0/s1. The van der Waals surface area contributed by atoms with Crippen molar-refractivity contribution in [2.75, 3.05) is 10.8 Å². The van der Waals surface area contributed by atoms with Crippen molar-refractivity contribution in [2.24, 2.45) is 0 Å². The summed E-state index contributed by atoms with van der Waals surface area (Å²) in [4.78, 5) is 30.0. The first-order valence-corrected chi connectivity index (χ1v) is 17.3. The molecule has 7 nitrogen and oxygen atoms in total. The average molecular weight is 681 g/mol. The van der Waals surface area contributed by atoms with Crippen molar-refractivity contribution in [3.63, 3.8) is 0 Å². The van der Waals surface area contributed by atoms with E-state index >= 15 is 0 Å². The van der Waals surface area contributed by atoms with Crippen LogP contribution in [0.4, 0.5) is 5.69 Å². The number of benzene rings is 4. The van der Waals surface area contributed by atoms with Crippen molar-refractivity contribution in [1.29, 1.82) is 0 Å². The number of amides is 2. The minimum atomic E-state index is -4.30. The summed E-state index contributed by atoms with van der Waals surface area (Å²) < 4.78 is 29.4. The van der Waals surface area contributed by atoms with Crippen LogP contribution in [0.2, 0.25) is 10.0 Å². The van der Waals surface area contributed by atoms with Gasteiger partial charge in [0.1, 0.15) is 12.6 Å². The summed E-state index contributed by atoms with van der Waals surface area (Å²) in [5.74, 6) is -0.901. The van der Waals surface area contributed by atoms with E-state index in [1.54, 1.807) is 18.2 Å². The zero-order chi connectivity index (χ0) is 33.4. The van der Waals surface area contributed by atoms with Crippen molar-refractivity contribution < 1.29 is 18.0 Å². The maximum atomic E-state index is 14.6. The van der Waals surface area contributed by atoms with Gasteiger partial charge in [-0.25, -0.2) is 8.42 Å². The molecule has 0 saturated heterocycles. The van der Waals surface area contributed by atoms with Gasteiger partial charge in [-0.15, -0.1) is 0 Å². The zero-order valence-corrected chi connectivity index (χ0v) is 28.7. The average Bonchev–Trinajstić information content (AvgIpc) is 3.03. The van der Waals surface area contributed by atoms with Crippen molar-refractivity contribution in [3.05, 3.63) is 129 Å². The molecule has 4 rings (SSSR count). The SMILES string of the molecule is CC[C@H](C)NC(=O)[C@@H](Cc1ccccc1)N(Cc1cccc(C)c1)C(=O)CN(c1cc(Cl)ccc1Cl)S(=O)(=O)c1ccc(C)cc1. The molecule has 0 aliphatic carbocycles. The number of aryl methyl sites for hydroxylation is 2. The van der Waals surface area contributed by atoms with Crippen LogP contribution in [-0.2, 0) is 32.6 Å². The fourth-order valence-electron chi connectivity index (χ4n) is 5.03. The Morgan fingerprint density at radius 3 is 2.15 bits per heavy atom. The lowest BCUT2D eigenvalue weighted by Crippen LogP contribution is -2.54. The number of hydrogen-bond donors (Lipinski definition) is 1. The minimum absolute atomic E-state index is 0.0116. The van der Waals surface area contributed by atoms with Crippen LogP contribution in [0.5, 0.6) is 0 Å². The van der Waals surface area contributed by atoms with E-state index in [0.29, 0.717) is 6.42 Å². The van der Waals surface area contributed by atoms with Gasteiger partial charge in [0.15, 0.2) is 0 Å². The van der Waals surface area contributed by atoms with Gasteiger partial charge in [-0.2, -0.15) is 0 Å². The number of rotatable bonds is 13. The van der Waals surface area contributed by atoms with E-state index in [1.807, 2.05) is 82.3 Å². The molecule has 0 saturated carbocycles. The maximum absolute atomic E-state index is 14.6. The molecule has 0 aromatic heterocycles. The molecule has 0 fully saturated rings. The van der Waals surface area contributed by atoms with Crippen molar-refractivity contribution in [3.8, 4) is 0 Å². The Bertz CT molecular complexity index is 1770. The van der Waals surface area contributed by atoms with Gasteiger partial charge in [0.25, 0.3) is 10.0 Å². The molecule has 2 atom stereocenters. The highest BCUT2D eigenvalue weighted by Gasteiger charge is 2.35. The van der Waals surface area contributed by atoms with E-state index in [-0.39, 0.29) is 45.5 Å². The molecule has 0 aliphatic rings. The third-order valence-electron chi connectivity index (χ3n) is 7.77. The van der Waals surface area contributed by atoms with Crippen LogP contribution in [0, 0.1) is 13.8 Å². The Hall–Kier alpha value is -3.85. The van der Waals surface area contributed by atoms with Gasteiger partial charge in [0.05, 0.1) is 15.6 Å². The van der Waals surface area contributed by atoms with Crippen molar-refractivity contribution in [2.45, 2.75) is 64.1 Å². The Morgan fingerprint density at radius 1 is 0.826 bits per heavy atom. The fraction of sp³-hybridized carbons (Fsp3) is 0.278. The van der Waals surface area contributed by atoms with E-state index in [1.165, 1.54) is 29.2 Å². The molecule has 4 aromatic rings. The number of sulfonamides is 1. The molecular formula is C36H39Cl2N3O4S. The molecule has 0 unspecified atom stereocenters.